The summed E-state index contributed by atoms with van der Waals surface area (Å²) in [5.74, 6) is 0.993. The average Bonchev–Trinajstić information content (AvgIpc) is 3.22. The molecule has 1 aliphatic heterocycles. The average molecular weight is 480 g/mol. The van der Waals surface area contributed by atoms with E-state index in [4.69, 9.17) is 9.47 Å². The molecule has 1 N–H and O–H groups in total. The molecule has 4 rings (SSSR count). The van der Waals surface area contributed by atoms with E-state index < -0.39 is 0 Å². The van der Waals surface area contributed by atoms with Gasteiger partial charge in [0, 0.05) is 28.8 Å². The predicted octanol–water partition coefficient (Wildman–Crippen LogP) is 4.75. The van der Waals surface area contributed by atoms with Gasteiger partial charge in [-0.25, -0.2) is 5.43 Å². The molecule has 0 fully saturated rings. The van der Waals surface area contributed by atoms with Crippen molar-refractivity contribution in [1.82, 2.24) is 5.43 Å². The smallest absolute Gasteiger partial charge is 0.271 e. The van der Waals surface area contributed by atoms with Crippen LogP contribution in [0.15, 0.2) is 70.2 Å². The molecule has 0 unspecified atom stereocenters. The monoisotopic (exact) mass is 479 g/mol. The van der Waals surface area contributed by atoms with E-state index in [1.54, 1.807) is 32.6 Å². The summed E-state index contributed by atoms with van der Waals surface area (Å²) in [5, 5.41) is 4.08. The van der Waals surface area contributed by atoms with Gasteiger partial charge in [0.2, 0.25) is 0 Å². The second-order valence-corrected chi connectivity index (χ2v) is 8.05. The lowest BCUT2D eigenvalue weighted by atomic mass is 10.1. The fourth-order valence-electron chi connectivity index (χ4n) is 3.53. The Kier molecular flexibility index (Phi) is 6.23. The third-order valence-electron chi connectivity index (χ3n) is 5.17. The molecule has 3 aromatic carbocycles. The molecule has 0 saturated heterocycles. The Hall–Kier alpha value is -3.32. The maximum absolute atomic E-state index is 12.6. The highest BCUT2D eigenvalue weighted by atomic mass is 79.9. The van der Waals surface area contributed by atoms with Crippen LogP contribution < -0.4 is 19.8 Å². The summed E-state index contributed by atoms with van der Waals surface area (Å²) in [6, 6.07) is 19.5. The first-order valence-corrected chi connectivity index (χ1v) is 10.5. The van der Waals surface area contributed by atoms with Crippen molar-refractivity contribution in [2.45, 2.75) is 13.1 Å². The molecule has 0 bridgehead atoms. The van der Waals surface area contributed by atoms with Crippen LogP contribution >= 0.6 is 15.9 Å². The standard InChI is InChI=1S/C24H22BrN3O3/c1-30-22-10-3-16(11-23(22)31-2)13-26-27-24(29)17-4-5-18-14-28(15-19(18)12-17)21-8-6-20(25)7-9-21/h3-13H,14-15H2,1-2H3,(H,27,29)/b26-13+. The van der Waals surface area contributed by atoms with E-state index in [1.165, 1.54) is 5.56 Å². The van der Waals surface area contributed by atoms with Gasteiger partial charge in [0.05, 0.1) is 20.4 Å². The molecule has 1 aliphatic rings. The fraction of sp³-hybridized carbons (Fsp3) is 0.167. The molecule has 1 heterocycles. The number of ether oxygens (including phenoxy) is 2. The zero-order valence-corrected chi connectivity index (χ0v) is 18.8. The molecule has 6 nitrogen and oxygen atoms in total. The molecule has 158 valence electrons. The van der Waals surface area contributed by atoms with Crippen molar-refractivity contribution in [3.63, 3.8) is 0 Å². The molecule has 0 saturated carbocycles. The highest BCUT2D eigenvalue weighted by molar-refractivity contribution is 9.10. The molecule has 7 heteroatoms. The number of nitrogens with zero attached hydrogens (tertiary/aromatic N) is 2. The summed E-state index contributed by atoms with van der Waals surface area (Å²) in [5.41, 5.74) is 7.51. The first-order chi connectivity index (χ1) is 15.1. The quantitative estimate of drug-likeness (QED) is 0.409. The van der Waals surface area contributed by atoms with Gasteiger partial charge in [0.25, 0.3) is 5.91 Å². The number of halogens is 1. The van der Waals surface area contributed by atoms with Gasteiger partial charge in [-0.3, -0.25) is 4.79 Å². The number of hydrogen-bond acceptors (Lipinski definition) is 5. The SMILES string of the molecule is COc1ccc(/C=N/NC(=O)c2ccc3c(c2)CN(c2ccc(Br)cc2)C3)cc1OC. The van der Waals surface area contributed by atoms with Crippen molar-refractivity contribution in [3.05, 3.63) is 87.4 Å². The summed E-state index contributed by atoms with van der Waals surface area (Å²) >= 11 is 3.47. The van der Waals surface area contributed by atoms with Gasteiger partial charge < -0.3 is 14.4 Å². The van der Waals surface area contributed by atoms with E-state index in [1.807, 2.05) is 36.4 Å². The van der Waals surface area contributed by atoms with Crippen molar-refractivity contribution < 1.29 is 14.3 Å². The second kappa shape index (κ2) is 9.22. The summed E-state index contributed by atoms with van der Waals surface area (Å²) in [6.07, 6.45) is 1.57. The number of anilines is 1. The first-order valence-electron chi connectivity index (χ1n) is 9.75. The maximum atomic E-state index is 12.6. The molecule has 0 radical (unpaired) electrons. The van der Waals surface area contributed by atoms with Crippen LogP contribution in [0.1, 0.15) is 27.0 Å². The normalized spacial score (nSPS) is 12.7. The first kappa shape index (κ1) is 20.9. The number of benzene rings is 3. The maximum Gasteiger partial charge on any atom is 0.271 e. The van der Waals surface area contributed by atoms with Gasteiger partial charge in [-0.05, 0) is 71.3 Å². The van der Waals surface area contributed by atoms with E-state index in [9.17, 15) is 4.79 Å². The molecule has 31 heavy (non-hydrogen) atoms. The largest absolute Gasteiger partial charge is 0.493 e. The van der Waals surface area contributed by atoms with Gasteiger partial charge in [-0.1, -0.05) is 22.0 Å². The number of carbonyl (C=O) groups is 1. The molecule has 0 aromatic heterocycles. The Balaban J connectivity index is 1.41. The minimum atomic E-state index is -0.249. The van der Waals surface area contributed by atoms with Crippen LogP contribution in [0.3, 0.4) is 0 Å². The number of rotatable bonds is 6. The van der Waals surface area contributed by atoms with Crippen molar-refractivity contribution in [3.8, 4) is 11.5 Å². The third-order valence-corrected chi connectivity index (χ3v) is 5.70. The Morgan fingerprint density at radius 2 is 1.71 bits per heavy atom. The van der Waals surface area contributed by atoms with Crippen LogP contribution in [-0.4, -0.2) is 26.3 Å². The number of hydrazone groups is 1. The van der Waals surface area contributed by atoms with Crippen molar-refractivity contribution in [1.29, 1.82) is 0 Å². The number of hydrogen-bond donors (Lipinski definition) is 1. The molecular formula is C24H22BrN3O3. The topological polar surface area (TPSA) is 63.2 Å². The van der Waals surface area contributed by atoms with Crippen LogP contribution in [0.25, 0.3) is 0 Å². The van der Waals surface area contributed by atoms with Crippen LogP contribution in [0, 0.1) is 0 Å². The molecule has 1 amide bonds. The lowest BCUT2D eigenvalue weighted by Crippen LogP contribution is -2.18. The molecular weight excluding hydrogens is 458 g/mol. The zero-order valence-electron chi connectivity index (χ0n) is 17.3. The van der Waals surface area contributed by atoms with Crippen LogP contribution in [0.2, 0.25) is 0 Å². The van der Waals surface area contributed by atoms with E-state index in [0.29, 0.717) is 17.1 Å². The van der Waals surface area contributed by atoms with Gasteiger partial charge in [-0.2, -0.15) is 5.10 Å². The highest BCUT2D eigenvalue weighted by Crippen LogP contribution is 2.30. The fourth-order valence-corrected chi connectivity index (χ4v) is 3.80. The summed E-state index contributed by atoms with van der Waals surface area (Å²) in [6.45, 7) is 1.60. The highest BCUT2D eigenvalue weighted by Gasteiger charge is 2.20. The predicted molar refractivity (Wildman–Crippen MR) is 125 cm³/mol. The molecule has 0 spiro atoms. The van der Waals surface area contributed by atoms with Crippen LogP contribution in [0.4, 0.5) is 5.69 Å². The summed E-state index contributed by atoms with van der Waals surface area (Å²) < 4.78 is 11.6. The zero-order chi connectivity index (χ0) is 21.8. The second-order valence-electron chi connectivity index (χ2n) is 7.13. The van der Waals surface area contributed by atoms with Crippen molar-refractivity contribution >= 4 is 33.7 Å². The van der Waals surface area contributed by atoms with E-state index >= 15 is 0 Å². The molecule has 3 aromatic rings. The minimum Gasteiger partial charge on any atom is -0.493 e. The molecule has 0 atom stereocenters. The third kappa shape index (κ3) is 4.72. The van der Waals surface area contributed by atoms with Gasteiger partial charge in [-0.15, -0.1) is 0 Å². The lowest BCUT2D eigenvalue weighted by molar-refractivity contribution is 0.0955. The van der Waals surface area contributed by atoms with Crippen LogP contribution in [0.5, 0.6) is 11.5 Å². The Bertz CT molecular complexity index is 1130. The van der Waals surface area contributed by atoms with Gasteiger partial charge >= 0.3 is 0 Å². The van der Waals surface area contributed by atoms with E-state index in [-0.39, 0.29) is 5.91 Å². The summed E-state index contributed by atoms with van der Waals surface area (Å²) in [4.78, 5) is 14.8. The Labute approximate surface area is 189 Å². The number of fused-ring (bicyclic) bond motifs is 1. The number of nitrogens with one attached hydrogen (secondary N) is 1. The van der Waals surface area contributed by atoms with Gasteiger partial charge in [0.15, 0.2) is 11.5 Å². The van der Waals surface area contributed by atoms with E-state index in [2.05, 4.69) is 43.5 Å². The Morgan fingerprint density at radius 1 is 0.968 bits per heavy atom. The number of methoxy groups -OCH3 is 2. The van der Waals surface area contributed by atoms with Crippen molar-refractivity contribution in [2.24, 2.45) is 5.10 Å². The number of amides is 1. The lowest BCUT2D eigenvalue weighted by Gasteiger charge is -2.17. The molecule has 0 aliphatic carbocycles. The number of carbonyl (C=O) groups excluding carboxylic acids is 1. The van der Waals surface area contributed by atoms with Crippen molar-refractivity contribution in [2.75, 3.05) is 19.1 Å². The summed E-state index contributed by atoms with van der Waals surface area (Å²) in [7, 11) is 3.16. The van der Waals surface area contributed by atoms with E-state index in [0.717, 1.165) is 34.4 Å². The minimum absolute atomic E-state index is 0.249. The Morgan fingerprint density at radius 3 is 2.45 bits per heavy atom. The van der Waals surface area contributed by atoms with Crippen LogP contribution in [-0.2, 0) is 13.1 Å². The van der Waals surface area contributed by atoms with Gasteiger partial charge in [0.1, 0.15) is 0 Å².